The predicted octanol–water partition coefficient (Wildman–Crippen LogP) is 1.94. The number of aromatic nitrogens is 1. The van der Waals surface area contributed by atoms with Crippen molar-refractivity contribution in [3.8, 4) is 0 Å². The first kappa shape index (κ1) is 19.0. The molecule has 0 aliphatic heterocycles. The SMILES string of the molecule is CNCCCC(=O)N(C)Cc1cscn1.Cl.Cl. The normalized spacial score (nSPS) is 9.06. The molecule has 0 unspecified atom stereocenters. The van der Waals surface area contributed by atoms with Crippen LogP contribution in [0.3, 0.4) is 0 Å². The molecule has 1 heterocycles. The van der Waals surface area contributed by atoms with Crippen LogP contribution in [0.4, 0.5) is 0 Å². The molecule has 0 aliphatic carbocycles. The van der Waals surface area contributed by atoms with Crippen LogP contribution < -0.4 is 5.32 Å². The second kappa shape index (κ2) is 10.8. The summed E-state index contributed by atoms with van der Waals surface area (Å²) >= 11 is 1.56. The Morgan fingerprint density at radius 3 is 2.76 bits per heavy atom. The highest BCUT2D eigenvalue weighted by atomic mass is 35.5. The summed E-state index contributed by atoms with van der Waals surface area (Å²) in [4.78, 5) is 17.5. The third kappa shape index (κ3) is 7.54. The van der Waals surface area contributed by atoms with Gasteiger partial charge in [-0.15, -0.1) is 36.2 Å². The van der Waals surface area contributed by atoms with Crippen molar-refractivity contribution in [1.29, 1.82) is 0 Å². The molecule has 0 fully saturated rings. The number of nitrogens with zero attached hydrogens (tertiary/aromatic N) is 2. The summed E-state index contributed by atoms with van der Waals surface area (Å²) < 4.78 is 0. The molecule has 1 aromatic heterocycles. The lowest BCUT2D eigenvalue weighted by molar-refractivity contribution is -0.130. The zero-order valence-electron chi connectivity index (χ0n) is 10.0. The first-order chi connectivity index (χ1) is 7.24. The zero-order valence-corrected chi connectivity index (χ0v) is 12.5. The highest BCUT2D eigenvalue weighted by Gasteiger charge is 2.09. The summed E-state index contributed by atoms with van der Waals surface area (Å²) in [6.45, 7) is 1.50. The van der Waals surface area contributed by atoms with Crippen LogP contribution in [-0.4, -0.2) is 36.4 Å². The Balaban J connectivity index is 0. The van der Waals surface area contributed by atoms with E-state index in [4.69, 9.17) is 0 Å². The topological polar surface area (TPSA) is 45.2 Å². The minimum atomic E-state index is 0. The molecule has 1 amide bonds. The minimum Gasteiger partial charge on any atom is -0.340 e. The van der Waals surface area contributed by atoms with E-state index in [9.17, 15) is 4.79 Å². The maximum absolute atomic E-state index is 11.6. The monoisotopic (exact) mass is 299 g/mol. The average Bonchev–Trinajstić information content (AvgIpc) is 2.70. The van der Waals surface area contributed by atoms with Crippen LogP contribution in [0.25, 0.3) is 0 Å². The van der Waals surface area contributed by atoms with E-state index in [0.717, 1.165) is 18.7 Å². The van der Waals surface area contributed by atoms with Crippen molar-refractivity contribution in [3.63, 3.8) is 0 Å². The van der Waals surface area contributed by atoms with E-state index in [2.05, 4.69) is 10.3 Å². The first-order valence-corrected chi connectivity index (χ1v) is 5.94. The number of amides is 1. The van der Waals surface area contributed by atoms with Gasteiger partial charge in [-0.25, -0.2) is 4.98 Å². The van der Waals surface area contributed by atoms with Gasteiger partial charge in [-0.1, -0.05) is 0 Å². The van der Waals surface area contributed by atoms with Crippen molar-refractivity contribution >= 4 is 42.1 Å². The van der Waals surface area contributed by atoms with Crippen molar-refractivity contribution in [3.05, 3.63) is 16.6 Å². The van der Waals surface area contributed by atoms with Gasteiger partial charge in [0.05, 0.1) is 17.7 Å². The van der Waals surface area contributed by atoms with Crippen molar-refractivity contribution in [2.45, 2.75) is 19.4 Å². The van der Waals surface area contributed by atoms with Gasteiger partial charge in [0.2, 0.25) is 5.91 Å². The van der Waals surface area contributed by atoms with Crippen molar-refractivity contribution < 1.29 is 4.79 Å². The van der Waals surface area contributed by atoms with E-state index >= 15 is 0 Å². The smallest absolute Gasteiger partial charge is 0.222 e. The van der Waals surface area contributed by atoms with E-state index in [0.29, 0.717) is 13.0 Å². The van der Waals surface area contributed by atoms with Gasteiger partial charge >= 0.3 is 0 Å². The molecule has 0 bridgehead atoms. The van der Waals surface area contributed by atoms with Crippen molar-refractivity contribution in [1.82, 2.24) is 15.2 Å². The number of rotatable bonds is 6. The molecule has 0 atom stereocenters. The first-order valence-electron chi connectivity index (χ1n) is 4.99. The maximum atomic E-state index is 11.6. The molecule has 0 aromatic carbocycles. The number of thiazole rings is 1. The molecule has 1 N–H and O–H groups in total. The van der Waals surface area contributed by atoms with E-state index < -0.39 is 0 Å². The number of carbonyl (C=O) groups excluding carboxylic acids is 1. The molecule has 17 heavy (non-hydrogen) atoms. The van der Waals surface area contributed by atoms with Gasteiger partial charge in [-0.05, 0) is 20.0 Å². The van der Waals surface area contributed by atoms with Crippen molar-refractivity contribution in [2.75, 3.05) is 20.6 Å². The van der Waals surface area contributed by atoms with Crippen LogP contribution in [0.15, 0.2) is 10.9 Å². The van der Waals surface area contributed by atoms with Gasteiger partial charge in [0.15, 0.2) is 0 Å². The van der Waals surface area contributed by atoms with Crippen LogP contribution in [0.1, 0.15) is 18.5 Å². The van der Waals surface area contributed by atoms with E-state index in [1.807, 2.05) is 19.5 Å². The Morgan fingerprint density at radius 1 is 1.53 bits per heavy atom. The van der Waals surface area contributed by atoms with Gasteiger partial charge in [-0.2, -0.15) is 0 Å². The molecule has 100 valence electrons. The summed E-state index contributed by atoms with van der Waals surface area (Å²) in [5.74, 6) is 0.179. The highest BCUT2D eigenvalue weighted by Crippen LogP contribution is 2.05. The van der Waals surface area contributed by atoms with Crippen LogP contribution >= 0.6 is 36.2 Å². The minimum absolute atomic E-state index is 0. The quantitative estimate of drug-likeness (QED) is 0.817. The fraction of sp³-hybridized carbons (Fsp3) is 0.600. The standard InChI is InChI=1S/C10H17N3OS.2ClH/c1-11-5-3-4-10(14)13(2)6-9-7-15-8-12-9;;/h7-8,11H,3-6H2,1-2H3;2*1H. The molecule has 1 aromatic rings. The second-order valence-corrected chi connectivity index (χ2v) is 4.16. The summed E-state index contributed by atoms with van der Waals surface area (Å²) in [5.41, 5.74) is 2.75. The Morgan fingerprint density at radius 2 is 2.24 bits per heavy atom. The van der Waals surface area contributed by atoms with Gasteiger partial charge in [0.1, 0.15) is 0 Å². The Bertz CT molecular complexity index is 296. The number of carbonyl (C=O) groups is 1. The lowest BCUT2D eigenvalue weighted by Crippen LogP contribution is -2.26. The molecule has 7 heteroatoms. The van der Waals surface area contributed by atoms with Gasteiger partial charge < -0.3 is 10.2 Å². The Hall–Kier alpha value is -0.360. The lowest BCUT2D eigenvalue weighted by Gasteiger charge is -2.15. The van der Waals surface area contributed by atoms with Crippen LogP contribution in [0.5, 0.6) is 0 Å². The highest BCUT2D eigenvalue weighted by molar-refractivity contribution is 7.07. The van der Waals surface area contributed by atoms with E-state index in [1.54, 1.807) is 21.7 Å². The molecule has 0 aliphatic rings. The number of halogens is 2. The molecule has 4 nitrogen and oxygen atoms in total. The summed E-state index contributed by atoms with van der Waals surface area (Å²) in [6, 6.07) is 0. The van der Waals surface area contributed by atoms with E-state index in [-0.39, 0.29) is 30.7 Å². The number of hydrogen-bond donors (Lipinski definition) is 1. The molecule has 0 spiro atoms. The molecule has 0 saturated carbocycles. The van der Waals surface area contributed by atoms with Crippen LogP contribution in [0.2, 0.25) is 0 Å². The molecular weight excluding hydrogens is 281 g/mol. The summed E-state index contributed by atoms with van der Waals surface area (Å²) in [7, 11) is 3.71. The fourth-order valence-corrected chi connectivity index (χ4v) is 1.80. The van der Waals surface area contributed by atoms with Crippen molar-refractivity contribution in [2.24, 2.45) is 0 Å². The zero-order chi connectivity index (χ0) is 11.1. The summed E-state index contributed by atoms with van der Waals surface area (Å²) in [6.07, 6.45) is 1.48. The maximum Gasteiger partial charge on any atom is 0.222 e. The Kier molecular flexibility index (Phi) is 12.0. The van der Waals surface area contributed by atoms with Crippen LogP contribution in [0, 0.1) is 0 Å². The van der Waals surface area contributed by atoms with Gasteiger partial charge in [-0.3, -0.25) is 4.79 Å². The molecular formula is C10H19Cl2N3OS. The van der Waals surface area contributed by atoms with E-state index in [1.165, 1.54) is 0 Å². The largest absolute Gasteiger partial charge is 0.340 e. The van der Waals surface area contributed by atoms with Gasteiger partial charge in [0, 0.05) is 18.8 Å². The number of nitrogens with one attached hydrogen (secondary N) is 1. The van der Waals surface area contributed by atoms with Gasteiger partial charge in [0.25, 0.3) is 0 Å². The number of hydrogen-bond acceptors (Lipinski definition) is 4. The van der Waals surface area contributed by atoms with Crippen LogP contribution in [-0.2, 0) is 11.3 Å². The lowest BCUT2D eigenvalue weighted by atomic mass is 10.2. The molecule has 0 radical (unpaired) electrons. The Labute approximate surface area is 119 Å². The molecule has 1 rings (SSSR count). The summed E-state index contributed by atoms with van der Waals surface area (Å²) in [5, 5.41) is 5.00. The third-order valence-electron chi connectivity index (χ3n) is 2.13. The third-order valence-corrected chi connectivity index (χ3v) is 2.76. The predicted molar refractivity (Wildman–Crippen MR) is 76.2 cm³/mol. The fourth-order valence-electron chi connectivity index (χ4n) is 1.25. The molecule has 0 saturated heterocycles. The second-order valence-electron chi connectivity index (χ2n) is 3.44. The average molecular weight is 300 g/mol.